The van der Waals surface area contributed by atoms with Gasteiger partial charge in [-0.25, -0.2) is 0 Å². The summed E-state index contributed by atoms with van der Waals surface area (Å²) in [5.74, 6) is -0.690. The summed E-state index contributed by atoms with van der Waals surface area (Å²) in [6, 6.07) is 0.452. The monoisotopic (exact) mass is 286 g/mol. The minimum atomic E-state index is -0.764. The van der Waals surface area contributed by atoms with E-state index in [0.717, 1.165) is 19.4 Å². The van der Waals surface area contributed by atoms with Crippen molar-refractivity contribution < 1.29 is 14.7 Å². The summed E-state index contributed by atoms with van der Waals surface area (Å²) in [6.45, 7) is 9.71. The molecule has 5 heteroatoms. The molecule has 0 aliphatic carbocycles. The number of aliphatic carboxylic acids is 1. The van der Waals surface area contributed by atoms with Crippen LogP contribution in [0.2, 0.25) is 0 Å². The minimum Gasteiger partial charge on any atom is -0.481 e. The molecule has 0 saturated heterocycles. The van der Waals surface area contributed by atoms with E-state index < -0.39 is 5.97 Å². The van der Waals surface area contributed by atoms with Gasteiger partial charge in [-0.1, -0.05) is 27.7 Å². The number of carbonyl (C=O) groups excluding carboxylic acids is 1. The van der Waals surface area contributed by atoms with Crippen molar-refractivity contribution in [2.45, 2.75) is 65.8 Å². The molecule has 0 spiro atoms. The first-order valence-electron chi connectivity index (χ1n) is 7.45. The van der Waals surface area contributed by atoms with E-state index in [1.54, 1.807) is 0 Å². The van der Waals surface area contributed by atoms with Gasteiger partial charge in [-0.05, 0) is 31.2 Å². The molecular weight excluding hydrogens is 256 g/mol. The third-order valence-corrected chi connectivity index (χ3v) is 3.27. The van der Waals surface area contributed by atoms with Gasteiger partial charge < -0.3 is 15.7 Å². The Labute approximate surface area is 122 Å². The minimum absolute atomic E-state index is 0.0507. The molecule has 118 valence electrons. The van der Waals surface area contributed by atoms with E-state index in [-0.39, 0.29) is 17.7 Å². The second-order valence-corrected chi connectivity index (χ2v) is 6.37. The highest BCUT2D eigenvalue weighted by molar-refractivity contribution is 5.75. The van der Waals surface area contributed by atoms with Gasteiger partial charge in [-0.2, -0.15) is 0 Å². The van der Waals surface area contributed by atoms with Crippen LogP contribution in [0.1, 0.15) is 59.8 Å². The second-order valence-electron chi connectivity index (χ2n) is 6.37. The number of carbonyl (C=O) groups is 2. The number of rotatable bonds is 11. The highest BCUT2D eigenvalue weighted by Crippen LogP contribution is 2.25. The van der Waals surface area contributed by atoms with Gasteiger partial charge >= 0.3 is 5.97 Å². The molecule has 3 N–H and O–H groups in total. The molecule has 0 aromatic carbocycles. The van der Waals surface area contributed by atoms with Crippen LogP contribution in [0.25, 0.3) is 0 Å². The Balaban J connectivity index is 3.66. The van der Waals surface area contributed by atoms with Crippen LogP contribution in [-0.4, -0.2) is 36.1 Å². The second kappa shape index (κ2) is 9.75. The summed E-state index contributed by atoms with van der Waals surface area (Å²) in [7, 11) is 0. The average Bonchev–Trinajstić information content (AvgIpc) is 2.32. The zero-order chi connectivity index (χ0) is 15.6. The van der Waals surface area contributed by atoms with Crippen LogP contribution in [0, 0.1) is 5.41 Å². The summed E-state index contributed by atoms with van der Waals surface area (Å²) in [5, 5.41) is 14.8. The van der Waals surface area contributed by atoms with Gasteiger partial charge in [0, 0.05) is 25.4 Å². The topological polar surface area (TPSA) is 78.4 Å². The summed E-state index contributed by atoms with van der Waals surface area (Å²) in [5.41, 5.74) is -0.0507. The Morgan fingerprint density at radius 3 is 2.30 bits per heavy atom. The van der Waals surface area contributed by atoms with E-state index >= 15 is 0 Å². The predicted octanol–water partition coefficient (Wildman–Crippen LogP) is 2.16. The first-order valence-corrected chi connectivity index (χ1v) is 7.45. The maximum Gasteiger partial charge on any atom is 0.303 e. The molecule has 0 rings (SSSR count). The van der Waals surface area contributed by atoms with Crippen LogP contribution in [0.4, 0.5) is 0 Å². The number of carboxylic acid groups (broad SMARTS) is 1. The van der Waals surface area contributed by atoms with E-state index in [1.165, 1.54) is 0 Å². The lowest BCUT2D eigenvalue weighted by atomic mass is 9.84. The summed E-state index contributed by atoms with van der Waals surface area (Å²) >= 11 is 0. The lowest BCUT2D eigenvalue weighted by molar-refractivity contribution is -0.137. The van der Waals surface area contributed by atoms with Crippen molar-refractivity contribution in [1.82, 2.24) is 10.6 Å². The average molecular weight is 286 g/mol. The van der Waals surface area contributed by atoms with Crippen LogP contribution < -0.4 is 10.6 Å². The Hall–Kier alpha value is -1.10. The molecule has 0 atom stereocenters. The molecule has 0 aromatic heterocycles. The van der Waals surface area contributed by atoms with E-state index in [0.29, 0.717) is 25.4 Å². The molecule has 0 heterocycles. The van der Waals surface area contributed by atoms with Crippen molar-refractivity contribution in [1.29, 1.82) is 0 Å². The molecule has 5 nitrogen and oxygen atoms in total. The van der Waals surface area contributed by atoms with Gasteiger partial charge in [0.2, 0.25) is 5.91 Å². The Morgan fingerprint density at radius 2 is 1.75 bits per heavy atom. The van der Waals surface area contributed by atoms with Gasteiger partial charge in [0.05, 0.1) is 0 Å². The molecule has 0 aliphatic rings. The number of hydrogen-bond donors (Lipinski definition) is 3. The fourth-order valence-electron chi connectivity index (χ4n) is 1.84. The van der Waals surface area contributed by atoms with Crippen LogP contribution in [0.3, 0.4) is 0 Å². The standard InChI is InChI=1S/C15H30N2O3/c1-12(2)16-10-5-6-13(18)17-11-9-15(3,4)8-7-14(19)20/h12,16H,5-11H2,1-4H3,(H,17,18)(H,19,20). The molecule has 0 fully saturated rings. The Morgan fingerprint density at radius 1 is 1.10 bits per heavy atom. The maximum absolute atomic E-state index is 11.6. The van der Waals surface area contributed by atoms with Crippen molar-refractivity contribution in [3.8, 4) is 0 Å². The van der Waals surface area contributed by atoms with Crippen LogP contribution in [0.15, 0.2) is 0 Å². The van der Waals surface area contributed by atoms with Crippen molar-refractivity contribution in [3.63, 3.8) is 0 Å². The van der Waals surface area contributed by atoms with Gasteiger partial charge in [-0.15, -0.1) is 0 Å². The summed E-state index contributed by atoms with van der Waals surface area (Å²) in [4.78, 5) is 22.2. The molecule has 0 aliphatic heterocycles. The zero-order valence-corrected chi connectivity index (χ0v) is 13.3. The predicted molar refractivity (Wildman–Crippen MR) is 80.7 cm³/mol. The van der Waals surface area contributed by atoms with Crippen LogP contribution in [0.5, 0.6) is 0 Å². The third-order valence-electron chi connectivity index (χ3n) is 3.27. The van der Waals surface area contributed by atoms with Gasteiger partial charge in [0.1, 0.15) is 0 Å². The van der Waals surface area contributed by atoms with Gasteiger partial charge in [-0.3, -0.25) is 9.59 Å². The van der Waals surface area contributed by atoms with Crippen molar-refractivity contribution >= 4 is 11.9 Å². The number of nitrogens with one attached hydrogen (secondary N) is 2. The summed E-state index contributed by atoms with van der Waals surface area (Å²) in [6.07, 6.45) is 3.00. The van der Waals surface area contributed by atoms with Crippen LogP contribution >= 0.6 is 0 Å². The highest BCUT2D eigenvalue weighted by Gasteiger charge is 2.19. The fourth-order valence-corrected chi connectivity index (χ4v) is 1.84. The molecule has 0 bridgehead atoms. The lowest BCUT2D eigenvalue weighted by Gasteiger charge is -2.23. The van der Waals surface area contributed by atoms with Gasteiger partial charge in [0.15, 0.2) is 0 Å². The first kappa shape index (κ1) is 18.9. The van der Waals surface area contributed by atoms with E-state index in [4.69, 9.17) is 5.11 Å². The molecule has 0 saturated carbocycles. The highest BCUT2D eigenvalue weighted by atomic mass is 16.4. The summed E-state index contributed by atoms with van der Waals surface area (Å²) < 4.78 is 0. The Kier molecular flexibility index (Phi) is 9.21. The number of hydrogen-bond acceptors (Lipinski definition) is 3. The molecule has 0 unspecified atom stereocenters. The molecular formula is C15H30N2O3. The van der Waals surface area contributed by atoms with Crippen molar-refractivity contribution in [3.05, 3.63) is 0 Å². The zero-order valence-electron chi connectivity index (χ0n) is 13.3. The SMILES string of the molecule is CC(C)NCCCC(=O)NCCC(C)(C)CCC(=O)O. The van der Waals surface area contributed by atoms with Gasteiger partial charge in [0.25, 0.3) is 0 Å². The maximum atomic E-state index is 11.6. The van der Waals surface area contributed by atoms with Crippen molar-refractivity contribution in [2.24, 2.45) is 5.41 Å². The largest absolute Gasteiger partial charge is 0.481 e. The molecule has 0 radical (unpaired) electrons. The molecule has 20 heavy (non-hydrogen) atoms. The number of amides is 1. The Bertz CT molecular complexity index is 301. The number of carboxylic acids is 1. The normalized spacial score (nSPS) is 11.7. The van der Waals surface area contributed by atoms with E-state index in [2.05, 4.69) is 24.5 Å². The third kappa shape index (κ3) is 12.0. The fraction of sp³-hybridized carbons (Fsp3) is 0.867. The van der Waals surface area contributed by atoms with E-state index in [1.807, 2.05) is 13.8 Å². The lowest BCUT2D eigenvalue weighted by Crippen LogP contribution is -2.29. The molecule has 0 aromatic rings. The molecule has 1 amide bonds. The van der Waals surface area contributed by atoms with Crippen molar-refractivity contribution in [2.75, 3.05) is 13.1 Å². The van der Waals surface area contributed by atoms with E-state index in [9.17, 15) is 9.59 Å². The quantitative estimate of drug-likeness (QED) is 0.509. The first-order chi connectivity index (χ1) is 9.23. The van der Waals surface area contributed by atoms with Crippen LogP contribution in [-0.2, 0) is 9.59 Å². The smallest absolute Gasteiger partial charge is 0.303 e.